The van der Waals surface area contributed by atoms with Crippen LogP contribution in [0.1, 0.15) is 76.7 Å². The van der Waals surface area contributed by atoms with E-state index in [2.05, 4.69) is 10.3 Å². The summed E-state index contributed by atoms with van der Waals surface area (Å²) >= 11 is 0. The van der Waals surface area contributed by atoms with Crippen LogP contribution in [-0.2, 0) is 11.3 Å². The van der Waals surface area contributed by atoms with Gasteiger partial charge in [0.2, 0.25) is 11.8 Å². The Bertz CT molecular complexity index is 513. The topological polar surface area (TPSA) is 75.4 Å². The fraction of sp³-hybridized carbons (Fsp3) is 0.706. The first-order valence-corrected chi connectivity index (χ1v) is 8.47. The highest BCUT2D eigenvalue weighted by Crippen LogP contribution is 2.13. The number of nitrogens with one attached hydrogen (secondary N) is 1. The molecule has 0 aliphatic rings. The van der Waals surface area contributed by atoms with E-state index in [0.29, 0.717) is 18.9 Å². The second-order valence-corrected chi connectivity index (χ2v) is 5.94. The number of nitrogens with zero attached hydrogens (tertiary/aromatic N) is 2. The molecule has 6 heteroatoms. The zero-order valence-corrected chi connectivity index (χ0v) is 14.9. The number of hydrogen-bond acceptors (Lipinski definition) is 4. The van der Waals surface area contributed by atoms with E-state index in [0.717, 1.165) is 19.3 Å². The fourth-order valence-electron chi connectivity index (χ4n) is 2.10. The fourth-order valence-corrected chi connectivity index (χ4v) is 2.10. The Kier molecular flexibility index (Phi) is 7.78. The molecule has 0 aliphatic carbocycles. The standard InChI is InChI=1S/C17H29N3O3/c1-6-9-16(21)20(13(5)8-3)10-15-19-14(11-23-15)17(22)18-12(4)7-2/h11-13H,6-10H2,1-5H3,(H,18,22)/t12-,13+/m1/s1. The molecule has 0 spiro atoms. The van der Waals surface area contributed by atoms with Crippen LogP contribution in [-0.4, -0.2) is 33.8 Å². The van der Waals surface area contributed by atoms with E-state index in [-0.39, 0.29) is 29.6 Å². The number of hydrogen-bond donors (Lipinski definition) is 1. The maximum atomic E-state index is 12.3. The zero-order chi connectivity index (χ0) is 17.4. The van der Waals surface area contributed by atoms with E-state index in [1.54, 1.807) is 4.90 Å². The molecule has 2 atom stereocenters. The van der Waals surface area contributed by atoms with E-state index in [9.17, 15) is 9.59 Å². The van der Waals surface area contributed by atoms with Crippen LogP contribution >= 0.6 is 0 Å². The molecule has 0 saturated heterocycles. The number of amides is 2. The van der Waals surface area contributed by atoms with Crippen LogP contribution in [0.5, 0.6) is 0 Å². The summed E-state index contributed by atoms with van der Waals surface area (Å²) in [6.07, 6.45) is 4.37. The lowest BCUT2D eigenvalue weighted by atomic mass is 10.2. The summed E-state index contributed by atoms with van der Waals surface area (Å²) in [4.78, 5) is 30.3. The van der Waals surface area contributed by atoms with Crippen LogP contribution in [0.25, 0.3) is 0 Å². The first kappa shape index (κ1) is 19.2. The van der Waals surface area contributed by atoms with E-state index in [1.807, 2.05) is 34.6 Å². The Morgan fingerprint density at radius 2 is 1.96 bits per heavy atom. The van der Waals surface area contributed by atoms with E-state index < -0.39 is 0 Å². The quantitative estimate of drug-likeness (QED) is 0.757. The summed E-state index contributed by atoms with van der Waals surface area (Å²) in [6.45, 7) is 10.3. The van der Waals surface area contributed by atoms with Gasteiger partial charge < -0.3 is 14.6 Å². The lowest BCUT2D eigenvalue weighted by molar-refractivity contribution is -0.134. The van der Waals surface area contributed by atoms with Crippen molar-refractivity contribution in [1.29, 1.82) is 0 Å². The Labute approximate surface area is 138 Å². The highest BCUT2D eigenvalue weighted by molar-refractivity contribution is 5.92. The molecular formula is C17H29N3O3. The third-order valence-corrected chi connectivity index (χ3v) is 3.99. The summed E-state index contributed by atoms with van der Waals surface area (Å²) in [5.41, 5.74) is 0.257. The van der Waals surface area contributed by atoms with Crippen molar-refractivity contribution in [2.75, 3.05) is 0 Å². The minimum Gasteiger partial charge on any atom is -0.446 e. The van der Waals surface area contributed by atoms with Gasteiger partial charge in [0.05, 0.1) is 6.54 Å². The van der Waals surface area contributed by atoms with Gasteiger partial charge in [0, 0.05) is 18.5 Å². The van der Waals surface area contributed by atoms with Gasteiger partial charge in [0.25, 0.3) is 5.91 Å². The molecule has 1 heterocycles. The molecule has 0 bridgehead atoms. The van der Waals surface area contributed by atoms with Gasteiger partial charge in [0.15, 0.2) is 5.69 Å². The minimum atomic E-state index is -0.246. The van der Waals surface area contributed by atoms with Gasteiger partial charge in [-0.15, -0.1) is 0 Å². The monoisotopic (exact) mass is 323 g/mol. The summed E-state index contributed by atoms with van der Waals surface area (Å²) in [7, 11) is 0. The molecule has 0 saturated carbocycles. The van der Waals surface area contributed by atoms with Crippen molar-refractivity contribution < 1.29 is 14.0 Å². The summed E-state index contributed by atoms with van der Waals surface area (Å²) < 4.78 is 5.39. The summed E-state index contributed by atoms with van der Waals surface area (Å²) in [5.74, 6) is 0.235. The maximum Gasteiger partial charge on any atom is 0.273 e. The maximum absolute atomic E-state index is 12.3. The third kappa shape index (κ3) is 5.69. The average molecular weight is 323 g/mol. The zero-order valence-electron chi connectivity index (χ0n) is 14.9. The third-order valence-electron chi connectivity index (χ3n) is 3.99. The number of carbonyl (C=O) groups excluding carboxylic acids is 2. The molecule has 0 aliphatic heterocycles. The van der Waals surface area contributed by atoms with Crippen LogP contribution in [0.3, 0.4) is 0 Å². The molecule has 1 rings (SSSR count). The molecule has 2 amide bonds. The van der Waals surface area contributed by atoms with E-state index >= 15 is 0 Å². The van der Waals surface area contributed by atoms with Gasteiger partial charge in [0.1, 0.15) is 6.26 Å². The molecule has 1 aromatic rings. The van der Waals surface area contributed by atoms with Crippen molar-refractivity contribution in [3.05, 3.63) is 17.8 Å². The normalized spacial score (nSPS) is 13.4. The van der Waals surface area contributed by atoms with E-state index in [4.69, 9.17) is 4.42 Å². The van der Waals surface area contributed by atoms with Crippen LogP contribution in [0.4, 0.5) is 0 Å². The summed E-state index contributed by atoms with van der Waals surface area (Å²) in [6, 6.07) is 0.198. The molecule has 0 radical (unpaired) electrons. The highest BCUT2D eigenvalue weighted by Gasteiger charge is 2.22. The summed E-state index contributed by atoms with van der Waals surface area (Å²) in [5, 5.41) is 2.85. The molecule has 1 N–H and O–H groups in total. The van der Waals surface area contributed by atoms with Crippen LogP contribution in [0, 0.1) is 0 Å². The molecule has 6 nitrogen and oxygen atoms in total. The van der Waals surface area contributed by atoms with Gasteiger partial charge in [-0.3, -0.25) is 9.59 Å². The first-order valence-electron chi connectivity index (χ1n) is 8.47. The SMILES string of the molecule is CCCC(=O)N(Cc1nc(C(=O)N[C@H](C)CC)co1)[C@@H](C)CC. The molecular weight excluding hydrogens is 294 g/mol. The van der Waals surface area contributed by atoms with Gasteiger partial charge in [-0.1, -0.05) is 20.8 Å². The Hall–Kier alpha value is -1.85. The van der Waals surface area contributed by atoms with Crippen LogP contribution in [0.15, 0.2) is 10.7 Å². The molecule has 0 aromatic carbocycles. The Balaban J connectivity index is 2.78. The molecule has 0 fully saturated rings. The van der Waals surface area contributed by atoms with Crippen molar-refractivity contribution in [2.45, 2.75) is 78.9 Å². The van der Waals surface area contributed by atoms with Crippen LogP contribution in [0.2, 0.25) is 0 Å². The number of carbonyl (C=O) groups is 2. The van der Waals surface area contributed by atoms with Gasteiger partial charge >= 0.3 is 0 Å². The average Bonchev–Trinajstić information content (AvgIpc) is 3.00. The minimum absolute atomic E-state index is 0.0883. The van der Waals surface area contributed by atoms with Gasteiger partial charge in [-0.2, -0.15) is 0 Å². The lowest BCUT2D eigenvalue weighted by Crippen LogP contribution is -2.37. The predicted octanol–water partition coefficient (Wildman–Crippen LogP) is 3.13. The first-order chi connectivity index (χ1) is 10.9. The van der Waals surface area contributed by atoms with Crippen molar-refractivity contribution in [3.63, 3.8) is 0 Å². The van der Waals surface area contributed by atoms with Crippen molar-refractivity contribution >= 4 is 11.8 Å². The molecule has 0 unspecified atom stereocenters. The molecule has 130 valence electrons. The van der Waals surface area contributed by atoms with Gasteiger partial charge in [-0.05, 0) is 33.1 Å². The highest BCUT2D eigenvalue weighted by atomic mass is 16.3. The molecule has 1 aromatic heterocycles. The predicted molar refractivity (Wildman–Crippen MR) is 88.9 cm³/mol. The second kappa shape index (κ2) is 9.33. The van der Waals surface area contributed by atoms with Gasteiger partial charge in [-0.25, -0.2) is 4.98 Å². The van der Waals surface area contributed by atoms with E-state index in [1.165, 1.54) is 6.26 Å². The Morgan fingerprint density at radius 1 is 1.26 bits per heavy atom. The number of rotatable bonds is 9. The van der Waals surface area contributed by atoms with Crippen molar-refractivity contribution in [3.8, 4) is 0 Å². The van der Waals surface area contributed by atoms with Crippen LogP contribution < -0.4 is 5.32 Å². The van der Waals surface area contributed by atoms with Crippen molar-refractivity contribution in [2.24, 2.45) is 0 Å². The smallest absolute Gasteiger partial charge is 0.273 e. The second-order valence-electron chi connectivity index (χ2n) is 5.94. The Morgan fingerprint density at radius 3 is 2.52 bits per heavy atom. The lowest BCUT2D eigenvalue weighted by Gasteiger charge is -2.27. The number of aromatic nitrogens is 1. The largest absolute Gasteiger partial charge is 0.446 e. The van der Waals surface area contributed by atoms with Crippen molar-refractivity contribution in [1.82, 2.24) is 15.2 Å². The molecule has 23 heavy (non-hydrogen) atoms. The number of oxazole rings is 1.